The van der Waals surface area contributed by atoms with Crippen molar-refractivity contribution in [2.24, 2.45) is 0 Å². The van der Waals surface area contributed by atoms with Crippen LogP contribution in [0, 0.1) is 0 Å². The van der Waals surface area contributed by atoms with E-state index in [-0.39, 0.29) is 11.9 Å². The van der Waals surface area contributed by atoms with Gasteiger partial charge in [-0.3, -0.25) is 0 Å². The van der Waals surface area contributed by atoms with Crippen molar-refractivity contribution in [2.45, 2.75) is 38.6 Å². The van der Waals surface area contributed by atoms with Crippen LogP contribution in [0.1, 0.15) is 54.6 Å². The van der Waals surface area contributed by atoms with Gasteiger partial charge in [0.1, 0.15) is 0 Å². The number of carbonyl (C=O) groups is 1. The minimum atomic E-state index is -0.566. The lowest BCUT2D eigenvalue weighted by Crippen LogP contribution is -2.29. The highest BCUT2D eigenvalue weighted by Gasteiger charge is 2.27. The lowest BCUT2D eigenvalue weighted by molar-refractivity contribution is 0.194. The molecular weight excluding hydrogens is 541 g/mol. The van der Waals surface area contributed by atoms with Gasteiger partial charge in [0.05, 0.1) is 22.4 Å². The Morgan fingerprint density at radius 1 is 0.974 bits per heavy atom. The molecule has 5 rings (SSSR count). The van der Waals surface area contributed by atoms with Crippen molar-refractivity contribution in [3.63, 3.8) is 0 Å². The highest BCUT2D eigenvalue weighted by atomic mass is 35.5. The van der Waals surface area contributed by atoms with Gasteiger partial charge >= 0.3 is 6.09 Å². The van der Waals surface area contributed by atoms with Crippen LogP contribution < -0.4 is 10.1 Å². The van der Waals surface area contributed by atoms with Gasteiger partial charge in [0.15, 0.2) is 0 Å². The van der Waals surface area contributed by atoms with Crippen LogP contribution in [0.5, 0.6) is 5.88 Å². The Morgan fingerprint density at radius 3 is 2.42 bits per heavy atom. The summed E-state index contributed by atoms with van der Waals surface area (Å²) in [5, 5.41) is 9.33. The number of allylic oxidation sites excluding steroid dienone is 1. The van der Waals surface area contributed by atoms with Gasteiger partial charge in [0, 0.05) is 15.6 Å². The molecule has 1 aliphatic carbocycles. The quantitative estimate of drug-likeness (QED) is 0.245. The summed E-state index contributed by atoms with van der Waals surface area (Å²) in [7, 11) is 0. The van der Waals surface area contributed by atoms with E-state index in [4.69, 9.17) is 44.6 Å². The summed E-state index contributed by atoms with van der Waals surface area (Å²) in [6, 6.07) is 22.5. The second-order valence-electron chi connectivity index (χ2n) is 9.23. The minimum absolute atomic E-state index is 0.226. The number of fused-ring (bicyclic) bond motifs is 1. The molecule has 194 valence electrons. The average molecular weight is 567 g/mol. The SMILES string of the molecule is C[C@@H](NC(=O)Oc1nn(-c2ccc(Cl)cc2Cl)c2c1CCCC/C2=C\c1ccc(Cl)cc1)c1ccccc1. The highest BCUT2D eigenvalue weighted by molar-refractivity contribution is 6.35. The predicted molar refractivity (Wildman–Crippen MR) is 154 cm³/mol. The second kappa shape index (κ2) is 11.6. The smallest absolute Gasteiger partial charge is 0.389 e. The number of ether oxygens (including phenoxy) is 1. The van der Waals surface area contributed by atoms with E-state index in [0.717, 1.165) is 53.6 Å². The fraction of sp³-hybridized carbons (Fsp3) is 0.200. The first kappa shape index (κ1) is 26.4. The Hall–Kier alpha value is -3.25. The van der Waals surface area contributed by atoms with Crippen molar-refractivity contribution >= 4 is 52.5 Å². The molecule has 1 aromatic heterocycles. The molecule has 0 fully saturated rings. The molecule has 38 heavy (non-hydrogen) atoms. The molecule has 3 aromatic carbocycles. The topological polar surface area (TPSA) is 56.1 Å². The van der Waals surface area contributed by atoms with E-state index in [1.54, 1.807) is 16.8 Å². The van der Waals surface area contributed by atoms with E-state index in [9.17, 15) is 4.79 Å². The molecular formula is C30H26Cl3N3O2. The third-order valence-electron chi connectivity index (χ3n) is 6.55. The number of carbonyl (C=O) groups excluding carboxylic acids is 1. The maximum atomic E-state index is 13.0. The number of aromatic nitrogens is 2. The Balaban J connectivity index is 1.56. The monoisotopic (exact) mass is 565 g/mol. The first-order valence-electron chi connectivity index (χ1n) is 12.5. The summed E-state index contributed by atoms with van der Waals surface area (Å²) in [6.45, 7) is 1.91. The number of nitrogens with one attached hydrogen (secondary N) is 1. The molecule has 0 bridgehead atoms. The van der Waals surface area contributed by atoms with E-state index in [1.165, 1.54) is 0 Å². The van der Waals surface area contributed by atoms with Gasteiger partial charge in [0.2, 0.25) is 5.88 Å². The van der Waals surface area contributed by atoms with E-state index in [2.05, 4.69) is 11.4 Å². The van der Waals surface area contributed by atoms with Gasteiger partial charge in [-0.2, -0.15) is 0 Å². The van der Waals surface area contributed by atoms with Crippen molar-refractivity contribution in [1.29, 1.82) is 0 Å². The molecule has 0 spiro atoms. The van der Waals surface area contributed by atoms with Crippen LogP contribution in [0.2, 0.25) is 15.1 Å². The molecule has 0 aliphatic heterocycles. The Morgan fingerprint density at radius 2 is 1.68 bits per heavy atom. The summed E-state index contributed by atoms with van der Waals surface area (Å²) in [4.78, 5) is 13.0. The fourth-order valence-electron chi connectivity index (χ4n) is 4.65. The molecule has 0 saturated heterocycles. The molecule has 1 amide bonds. The number of hydrogen-bond donors (Lipinski definition) is 1. The van der Waals surface area contributed by atoms with Gasteiger partial charge in [-0.15, -0.1) is 5.10 Å². The molecule has 8 heteroatoms. The van der Waals surface area contributed by atoms with Crippen LogP contribution in [0.3, 0.4) is 0 Å². The second-order valence-corrected chi connectivity index (χ2v) is 10.5. The van der Waals surface area contributed by atoms with Gasteiger partial charge in [-0.1, -0.05) is 77.3 Å². The Kier molecular flexibility index (Phi) is 8.08. The number of benzene rings is 3. The number of amides is 1. The van der Waals surface area contributed by atoms with Gasteiger partial charge in [-0.25, -0.2) is 9.48 Å². The van der Waals surface area contributed by atoms with Crippen LogP contribution in [0.25, 0.3) is 17.3 Å². The van der Waals surface area contributed by atoms with E-state index in [1.807, 2.05) is 67.6 Å². The van der Waals surface area contributed by atoms with Gasteiger partial charge in [-0.05, 0) is 85.7 Å². The molecule has 1 heterocycles. The highest BCUT2D eigenvalue weighted by Crippen LogP contribution is 2.39. The van der Waals surface area contributed by atoms with E-state index in [0.29, 0.717) is 20.8 Å². The molecule has 5 nitrogen and oxygen atoms in total. The molecule has 0 radical (unpaired) electrons. The number of halogens is 3. The summed E-state index contributed by atoms with van der Waals surface area (Å²) < 4.78 is 7.61. The summed E-state index contributed by atoms with van der Waals surface area (Å²) in [5.74, 6) is 0.271. The number of nitrogens with zero attached hydrogens (tertiary/aromatic N) is 2. The molecule has 4 aromatic rings. The standard InChI is InChI=1S/C30H26Cl3N3O2/c1-19(21-7-3-2-4-8-21)34-30(37)38-29-25-10-6-5-9-22(17-20-11-13-23(31)14-12-20)28(25)36(35-29)27-16-15-24(32)18-26(27)33/h2-4,7-8,11-19H,5-6,9-10H2,1H3,(H,34,37)/b22-17+/t19-/m1/s1. The van der Waals surface area contributed by atoms with E-state index < -0.39 is 6.09 Å². The van der Waals surface area contributed by atoms with Crippen molar-refractivity contribution in [2.75, 3.05) is 0 Å². The first-order valence-corrected chi connectivity index (χ1v) is 13.6. The zero-order chi connectivity index (χ0) is 26.6. The van der Waals surface area contributed by atoms with Crippen molar-refractivity contribution < 1.29 is 9.53 Å². The van der Waals surface area contributed by atoms with Crippen LogP contribution in [-0.4, -0.2) is 15.9 Å². The average Bonchev–Trinajstić information content (AvgIpc) is 3.10. The van der Waals surface area contributed by atoms with Gasteiger partial charge < -0.3 is 10.1 Å². The van der Waals surface area contributed by atoms with Crippen LogP contribution in [0.4, 0.5) is 4.79 Å². The predicted octanol–water partition coefficient (Wildman–Crippen LogP) is 8.95. The summed E-state index contributed by atoms with van der Waals surface area (Å²) in [6.07, 6.45) is 5.04. The first-order chi connectivity index (χ1) is 18.4. The normalized spacial score (nSPS) is 15.0. The lowest BCUT2D eigenvalue weighted by atomic mass is 10.0. The zero-order valence-corrected chi connectivity index (χ0v) is 23.0. The fourth-order valence-corrected chi connectivity index (χ4v) is 5.26. The maximum absolute atomic E-state index is 13.0. The molecule has 0 saturated carbocycles. The molecule has 1 aliphatic rings. The Labute approximate surface area is 237 Å². The number of rotatable bonds is 5. The van der Waals surface area contributed by atoms with Gasteiger partial charge in [0.25, 0.3) is 0 Å². The lowest BCUT2D eigenvalue weighted by Gasteiger charge is -2.13. The minimum Gasteiger partial charge on any atom is -0.389 e. The molecule has 1 atom stereocenters. The van der Waals surface area contributed by atoms with Crippen LogP contribution in [0.15, 0.2) is 72.8 Å². The zero-order valence-electron chi connectivity index (χ0n) is 20.8. The van der Waals surface area contributed by atoms with E-state index >= 15 is 0 Å². The van der Waals surface area contributed by atoms with Crippen LogP contribution in [-0.2, 0) is 6.42 Å². The third kappa shape index (κ3) is 5.91. The third-order valence-corrected chi connectivity index (χ3v) is 7.34. The molecule has 0 unspecified atom stereocenters. The maximum Gasteiger partial charge on any atom is 0.414 e. The van der Waals surface area contributed by atoms with Crippen molar-refractivity contribution in [3.05, 3.63) is 110 Å². The number of hydrogen-bond acceptors (Lipinski definition) is 3. The summed E-state index contributed by atoms with van der Waals surface area (Å²) in [5.41, 5.74) is 5.48. The van der Waals surface area contributed by atoms with Crippen molar-refractivity contribution in [1.82, 2.24) is 15.1 Å². The summed E-state index contributed by atoms with van der Waals surface area (Å²) >= 11 is 18.9. The van der Waals surface area contributed by atoms with Crippen molar-refractivity contribution in [3.8, 4) is 11.6 Å². The Bertz CT molecular complexity index is 1480. The van der Waals surface area contributed by atoms with Crippen LogP contribution >= 0.6 is 34.8 Å². The molecule has 1 N–H and O–H groups in total. The largest absolute Gasteiger partial charge is 0.414 e.